The molecule has 0 saturated heterocycles. The van der Waals surface area contributed by atoms with Crippen molar-refractivity contribution >= 4 is 21.4 Å². The fourth-order valence-corrected chi connectivity index (χ4v) is 3.00. The summed E-state index contributed by atoms with van der Waals surface area (Å²) in [4.78, 5) is -0.298. The molecule has 0 aromatic heterocycles. The van der Waals surface area contributed by atoms with Crippen molar-refractivity contribution in [2.75, 3.05) is 17.1 Å². The van der Waals surface area contributed by atoms with Gasteiger partial charge in [-0.25, -0.2) is 12.8 Å². The molecule has 0 atom stereocenters. The van der Waals surface area contributed by atoms with E-state index in [0.717, 1.165) is 16.4 Å². The van der Waals surface area contributed by atoms with Gasteiger partial charge < -0.3 is 10.8 Å². The van der Waals surface area contributed by atoms with E-state index in [4.69, 9.17) is 5.73 Å². The van der Waals surface area contributed by atoms with E-state index in [1.165, 1.54) is 37.4 Å². The standard InChI is InChI=1S/C13H13FN2O3S/c1-16(10-3-5-11(17)6-4-10)20(18,19)13-8-9(14)2-7-12(13)15/h2-8,17H,15H2,1H3. The van der Waals surface area contributed by atoms with Gasteiger partial charge in [0.15, 0.2) is 0 Å². The van der Waals surface area contributed by atoms with Crippen LogP contribution in [0.2, 0.25) is 0 Å². The van der Waals surface area contributed by atoms with Crippen LogP contribution >= 0.6 is 0 Å². The van der Waals surface area contributed by atoms with E-state index in [-0.39, 0.29) is 16.3 Å². The molecule has 2 rings (SSSR count). The van der Waals surface area contributed by atoms with E-state index in [0.29, 0.717) is 5.69 Å². The van der Waals surface area contributed by atoms with Crippen LogP contribution in [0.5, 0.6) is 5.75 Å². The van der Waals surface area contributed by atoms with Crippen LogP contribution in [0, 0.1) is 5.82 Å². The Morgan fingerprint density at radius 2 is 1.75 bits per heavy atom. The number of halogens is 1. The van der Waals surface area contributed by atoms with Gasteiger partial charge in [0.2, 0.25) is 0 Å². The summed E-state index contributed by atoms with van der Waals surface area (Å²) >= 11 is 0. The van der Waals surface area contributed by atoms with Gasteiger partial charge in [-0.2, -0.15) is 0 Å². The zero-order valence-electron chi connectivity index (χ0n) is 10.6. The second-order valence-corrected chi connectivity index (χ2v) is 6.11. The summed E-state index contributed by atoms with van der Waals surface area (Å²) in [5, 5.41) is 9.20. The monoisotopic (exact) mass is 296 g/mol. The summed E-state index contributed by atoms with van der Waals surface area (Å²) in [7, 11) is -2.65. The predicted octanol–water partition coefficient (Wildman–Crippen LogP) is 1.94. The zero-order valence-corrected chi connectivity index (χ0v) is 11.4. The maximum Gasteiger partial charge on any atom is 0.266 e. The van der Waals surface area contributed by atoms with Crippen molar-refractivity contribution in [2.45, 2.75) is 4.90 Å². The van der Waals surface area contributed by atoms with Crippen molar-refractivity contribution in [3.63, 3.8) is 0 Å². The molecule has 0 amide bonds. The van der Waals surface area contributed by atoms with Gasteiger partial charge in [0.05, 0.1) is 11.4 Å². The van der Waals surface area contributed by atoms with E-state index in [1.54, 1.807) is 0 Å². The van der Waals surface area contributed by atoms with Crippen molar-refractivity contribution in [2.24, 2.45) is 0 Å². The number of hydrogen-bond acceptors (Lipinski definition) is 4. The van der Waals surface area contributed by atoms with Crippen LogP contribution in [0.1, 0.15) is 0 Å². The number of sulfonamides is 1. The molecule has 5 nitrogen and oxygen atoms in total. The first-order chi connectivity index (χ1) is 9.32. The number of nitrogen functional groups attached to an aromatic ring is 1. The highest BCUT2D eigenvalue weighted by atomic mass is 32.2. The molecule has 0 fully saturated rings. The average molecular weight is 296 g/mol. The van der Waals surface area contributed by atoms with Gasteiger partial charge in [0.1, 0.15) is 16.5 Å². The highest BCUT2D eigenvalue weighted by Crippen LogP contribution is 2.27. The first-order valence-electron chi connectivity index (χ1n) is 5.65. The molecule has 0 aliphatic heterocycles. The molecular weight excluding hydrogens is 283 g/mol. The van der Waals surface area contributed by atoms with Gasteiger partial charge >= 0.3 is 0 Å². The lowest BCUT2D eigenvalue weighted by Crippen LogP contribution is -2.27. The minimum absolute atomic E-state index is 0.0183. The summed E-state index contributed by atoms with van der Waals surface area (Å²) in [6, 6.07) is 8.75. The van der Waals surface area contributed by atoms with Crippen LogP contribution in [0.25, 0.3) is 0 Å². The lowest BCUT2D eigenvalue weighted by atomic mass is 10.3. The molecule has 2 aromatic carbocycles. The molecular formula is C13H13FN2O3S. The van der Waals surface area contributed by atoms with Crippen LogP contribution in [-0.4, -0.2) is 20.6 Å². The van der Waals surface area contributed by atoms with E-state index in [1.807, 2.05) is 0 Å². The third-order valence-electron chi connectivity index (χ3n) is 2.83. The van der Waals surface area contributed by atoms with Gasteiger partial charge in [0, 0.05) is 7.05 Å². The quantitative estimate of drug-likeness (QED) is 0.848. The smallest absolute Gasteiger partial charge is 0.266 e. The molecule has 7 heteroatoms. The van der Waals surface area contributed by atoms with E-state index >= 15 is 0 Å². The van der Waals surface area contributed by atoms with Gasteiger partial charge in [-0.15, -0.1) is 0 Å². The molecule has 0 bridgehead atoms. The molecule has 3 N–H and O–H groups in total. The topological polar surface area (TPSA) is 83.6 Å². The Bertz CT molecular complexity index is 730. The fourth-order valence-electron chi connectivity index (χ4n) is 1.68. The SMILES string of the molecule is CN(c1ccc(O)cc1)S(=O)(=O)c1cc(F)ccc1N. The molecule has 0 radical (unpaired) electrons. The van der Waals surface area contributed by atoms with Crippen LogP contribution < -0.4 is 10.0 Å². The van der Waals surface area contributed by atoms with E-state index in [2.05, 4.69) is 0 Å². The molecule has 0 unspecified atom stereocenters. The first kappa shape index (κ1) is 14.1. The number of nitrogens with two attached hydrogens (primary N) is 1. The lowest BCUT2D eigenvalue weighted by molar-refractivity contribution is 0.475. The highest BCUT2D eigenvalue weighted by molar-refractivity contribution is 7.93. The largest absolute Gasteiger partial charge is 0.508 e. The van der Waals surface area contributed by atoms with Gasteiger partial charge in [-0.3, -0.25) is 4.31 Å². The van der Waals surface area contributed by atoms with E-state index in [9.17, 15) is 17.9 Å². The summed E-state index contributed by atoms with van der Waals surface area (Å²) in [5.74, 6) is -0.665. The van der Waals surface area contributed by atoms with Crippen LogP contribution in [0.4, 0.5) is 15.8 Å². The highest BCUT2D eigenvalue weighted by Gasteiger charge is 2.24. The Morgan fingerprint density at radius 3 is 2.35 bits per heavy atom. The maximum atomic E-state index is 13.2. The molecule has 0 aliphatic rings. The van der Waals surface area contributed by atoms with Crippen molar-refractivity contribution in [3.05, 3.63) is 48.3 Å². The molecule has 0 spiro atoms. The number of rotatable bonds is 3. The second-order valence-electron chi connectivity index (χ2n) is 4.17. The normalized spacial score (nSPS) is 11.3. The van der Waals surface area contributed by atoms with Gasteiger partial charge in [-0.1, -0.05) is 0 Å². The van der Waals surface area contributed by atoms with Gasteiger partial charge in [0.25, 0.3) is 10.0 Å². The van der Waals surface area contributed by atoms with Crippen molar-refractivity contribution < 1.29 is 17.9 Å². The molecule has 2 aromatic rings. The Balaban J connectivity index is 2.49. The maximum absolute atomic E-state index is 13.2. The average Bonchev–Trinajstić information content (AvgIpc) is 2.41. The van der Waals surface area contributed by atoms with E-state index < -0.39 is 15.8 Å². The molecule has 20 heavy (non-hydrogen) atoms. The van der Waals surface area contributed by atoms with Crippen molar-refractivity contribution in [1.82, 2.24) is 0 Å². The summed E-state index contributed by atoms with van der Waals surface area (Å²) < 4.78 is 39.0. The predicted molar refractivity (Wildman–Crippen MR) is 74.5 cm³/mol. The third-order valence-corrected chi connectivity index (χ3v) is 4.67. The second kappa shape index (κ2) is 5.01. The summed E-state index contributed by atoms with van der Waals surface area (Å²) in [6.45, 7) is 0. The third kappa shape index (κ3) is 2.53. The Kier molecular flexibility index (Phi) is 3.54. The zero-order chi connectivity index (χ0) is 14.9. The number of hydrogen-bond donors (Lipinski definition) is 2. The number of anilines is 2. The van der Waals surface area contributed by atoms with Gasteiger partial charge in [-0.05, 0) is 42.5 Å². The van der Waals surface area contributed by atoms with Crippen molar-refractivity contribution in [1.29, 1.82) is 0 Å². The number of aromatic hydroxyl groups is 1. The van der Waals surface area contributed by atoms with Crippen LogP contribution in [-0.2, 0) is 10.0 Å². The number of nitrogens with zero attached hydrogens (tertiary/aromatic N) is 1. The minimum atomic E-state index is -3.97. The minimum Gasteiger partial charge on any atom is -0.508 e. The van der Waals surface area contributed by atoms with Crippen molar-refractivity contribution in [3.8, 4) is 5.75 Å². The molecule has 106 valence electrons. The van der Waals surface area contributed by atoms with Crippen LogP contribution in [0.3, 0.4) is 0 Å². The number of benzene rings is 2. The summed E-state index contributed by atoms with van der Waals surface area (Å²) in [6.07, 6.45) is 0. The lowest BCUT2D eigenvalue weighted by Gasteiger charge is -2.20. The number of phenolic OH excluding ortho intramolecular Hbond substituents is 1. The summed E-state index contributed by atoms with van der Waals surface area (Å²) in [5.41, 5.74) is 5.90. The Hall–Kier alpha value is -2.28. The Labute approximate surface area is 116 Å². The first-order valence-corrected chi connectivity index (χ1v) is 7.09. The number of phenols is 1. The van der Waals surface area contributed by atoms with Crippen LogP contribution in [0.15, 0.2) is 47.4 Å². The molecule has 0 aliphatic carbocycles. The molecule has 0 heterocycles. The fraction of sp³-hybridized carbons (Fsp3) is 0.0769. The molecule has 0 saturated carbocycles. The Morgan fingerprint density at radius 1 is 1.15 bits per heavy atom.